The summed E-state index contributed by atoms with van der Waals surface area (Å²) in [6.07, 6.45) is 2.00. The fourth-order valence-electron chi connectivity index (χ4n) is 2.45. The second-order valence-electron chi connectivity index (χ2n) is 5.56. The second kappa shape index (κ2) is 6.50. The maximum atomic E-state index is 12.4. The van der Waals surface area contributed by atoms with Crippen LogP contribution in [0.15, 0.2) is 34.7 Å². The summed E-state index contributed by atoms with van der Waals surface area (Å²) in [5.41, 5.74) is 3.07. The molecule has 0 saturated heterocycles. The Hall–Kier alpha value is -2.21. The van der Waals surface area contributed by atoms with Crippen LogP contribution in [0.3, 0.4) is 0 Å². The molecule has 2 heterocycles. The average Bonchev–Trinajstić information content (AvgIpc) is 3.12. The number of hydrogen-bond acceptors (Lipinski definition) is 4. The van der Waals surface area contributed by atoms with Gasteiger partial charge in [0.05, 0.1) is 23.3 Å². The molecule has 5 nitrogen and oxygen atoms in total. The van der Waals surface area contributed by atoms with Crippen molar-refractivity contribution in [3.63, 3.8) is 0 Å². The van der Waals surface area contributed by atoms with E-state index in [2.05, 4.69) is 16.0 Å². The van der Waals surface area contributed by atoms with Crippen molar-refractivity contribution in [2.45, 2.75) is 19.2 Å². The van der Waals surface area contributed by atoms with E-state index in [9.17, 15) is 4.79 Å². The van der Waals surface area contributed by atoms with Gasteiger partial charge in [0.25, 0.3) is 5.91 Å². The van der Waals surface area contributed by atoms with E-state index in [1.807, 2.05) is 31.4 Å². The van der Waals surface area contributed by atoms with Gasteiger partial charge in [0.1, 0.15) is 11.6 Å². The number of imidazole rings is 1. The highest BCUT2D eigenvalue weighted by Gasteiger charge is 2.17. The molecule has 1 aromatic carbocycles. The van der Waals surface area contributed by atoms with Gasteiger partial charge in [-0.25, -0.2) is 4.98 Å². The molecule has 0 atom stereocenters. The van der Waals surface area contributed by atoms with Gasteiger partial charge in [0.15, 0.2) is 5.76 Å². The molecule has 3 rings (SSSR count). The van der Waals surface area contributed by atoms with E-state index < -0.39 is 0 Å². The second-order valence-corrected chi connectivity index (χ2v) is 6.43. The number of fused-ring (bicyclic) bond motifs is 1. The van der Waals surface area contributed by atoms with E-state index >= 15 is 0 Å². The summed E-state index contributed by atoms with van der Waals surface area (Å²) in [6, 6.07) is 9.63. The van der Waals surface area contributed by atoms with Crippen molar-refractivity contribution >= 4 is 28.7 Å². The minimum Gasteiger partial charge on any atom is -0.455 e. The Kier molecular flexibility index (Phi) is 4.43. The first-order valence-corrected chi connectivity index (χ1v) is 8.74. The number of H-pyrrole nitrogens is 1. The Balaban J connectivity index is 1.73. The van der Waals surface area contributed by atoms with Crippen LogP contribution in [0.25, 0.3) is 11.0 Å². The fourth-order valence-corrected chi connectivity index (χ4v) is 2.89. The predicted molar refractivity (Wildman–Crippen MR) is 92.6 cm³/mol. The summed E-state index contributed by atoms with van der Waals surface area (Å²) in [6.45, 7) is 2.45. The summed E-state index contributed by atoms with van der Waals surface area (Å²) in [7, 11) is 1.75. The first-order valence-electron chi connectivity index (χ1n) is 7.35. The summed E-state index contributed by atoms with van der Waals surface area (Å²) < 4.78 is 5.58. The summed E-state index contributed by atoms with van der Waals surface area (Å²) in [5, 5.41) is 0. The van der Waals surface area contributed by atoms with Crippen LogP contribution in [-0.4, -0.2) is 34.1 Å². The minimum atomic E-state index is -0.144. The molecule has 120 valence electrons. The first kappa shape index (κ1) is 15.7. The van der Waals surface area contributed by atoms with Crippen molar-refractivity contribution < 1.29 is 9.21 Å². The topological polar surface area (TPSA) is 62.1 Å². The van der Waals surface area contributed by atoms with Crippen LogP contribution in [0, 0.1) is 6.92 Å². The van der Waals surface area contributed by atoms with Gasteiger partial charge < -0.3 is 14.3 Å². The average molecular weight is 329 g/mol. The molecule has 1 N–H and O–H groups in total. The van der Waals surface area contributed by atoms with Gasteiger partial charge in [0.2, 0.25) is 0 Å². The molecule has 23 heavy (non-hydrogen) atoms. The molecule has 1 amide bonds. The van der Waals surface area contributed by atoms with Crippen molar-refractivity contribution in [2.75, 3.05) is 13.3 Å². The molecule has 0 unspecified atom stereocenters. The van der Waals surface area contributed by atoms with Gasteiger partial charge in [-0.3, -0.25) is 4.79 Å². The number of nitrogens with one attached hydrogen (secondary N) is 1. The largest absolute Gasteiger partial charge is 0.455 e. The lowest BCUT2D eigenvalue weighted by molar-refractivity contribution is 0.0749. The van der Waals surface area contributed by atoms with Crippen LogP contribution < -0.4 is 0 Å². The molecule has 0 bridgehead atoms. The number of aromatic nitrogens is 2. The van der Waals surface area contributed by atoms with Gasteiger partial charge in [-0.05, 0) is 43.0 Å². The zero-order valence-corrected chi connectivity index (χ0v) is 14.2. The normalized spacial score (nSPS) is 11.1. The van der Waals surface area contributed by atoms with Crippen LogP contribution in [0.5, 0.6) is 0 Å². The lowest BCUT2D eigenvalue weighted by atomic mass is 10.2. The van der Waals surface area contributed by atoms with Crippen LogP contribution in [0.2, 0.25) is 0 Å². The number of carbonyl (C=O) groups excluding carboxylic acids is 1. The van der Waals surface area contributed by atoms with Gasteiger partial charge in [0, 0.05) is 7.05 Å². The van der Waals surface area contributed by atoms with E-state index in [1.54, 1.807) is 29.8 Å². The molecule has 0 fully saturated rings. The standard InChI is InChI=1S/C17H19N3O2S/c1-11-4-6-13-14(8-11)19-16(18-13)9-20(2)17(21)15-7-5-12(22-15)10-23-3/h4-8H,9-10H2,1-3H3,(H,18,19). The maximum Gasteiger partial charge on any atom is 0.289 e. The smallest absolute Gasteiger partial charge is 0.289 e. The quantitative estimate of drug-likeness (QED) is 0.777. The third kappa shape index (κ3) is 3.42. The number of carbonyl (C=O) groups is 1. The van der Waals surface area contributed by atoms with E-state index in [0.29, 0.717) is 12.3 Å². The number of aryl methyl sites for hydroxylation is 1. The highest BCUT2D eigenvalue weighted by molar-refractivity contribution is 7.97. The number of furan rings is 1. The van der Waals surface area contributed by atoms with Crippen molar-refractivity contribution in [2.24, 2.45) is 0 Å². The van der Waals surface area contributed by atoms with E-state index in [-0.39, 0.29) is 5.91 Å². The summed E-state index contributed by atoms with van der Waals surface area (Å²) in [4.78, 5) is 21.8. The molecule has 0 spiro atoms. The van der Waals surface area contributed by atoms with Crippen LogP contribution >= 0.6 is 11.8 Å². The van der Waals surface area contributed by atoms with E-state index in [0.717, 1.165) is 28.4 Å². The molecule has 2 aromatic heterocycles. The Morgan fingerprint density at radius 1 is 1.35 bits per heavy atom. The van der Waals surface area contributed by atoms with Crippen LogP contribution in [0.1, 0.15) is 27.7 Å². The Bertz CT molecular complexity index is 837. The zero-order chi connectivity index (χ0) is 16.4. The molecule has 3 aromatic rings. The van der Waals surface area contributed by atoms with Crippen molar-refractivity contribution in [1.29, 1.82) is 0 Å². The monoisotopic (exact) mass is 329 g/mol. The molecule has 6 heteroatoms. The number of hydrogen-bond donors (Lipinski definition) is 1. The van der Waals surface area contributed by atoms with Crippen LogP contribution in [0.4, 0.5) is 0 Å². The zero-order valence-electron chi connectivity index (χ0n) is 13.4. The van der Waals surface area contributed by atoms with E-state index in [1.165, 1.54) is 5.56 Å². The van der Waals surface area contributed by atoms with Crippen molar-refractivity contribution in [1.82, 2.24) is 14.9 Å². The Morgan fingerprint density at radius 2 is 2.17 bits per heavy atom. The minimum absolute atomic E-state index is 0.144. The third-order valence-electron chi connectivity index (χ3n) is 3.58. The van der Waals surface area contributed by atoms with Crippen molar-refractivity contribution in [3.05, 3.63) is 53.2 Å². The van der Waals surface area contributed by atoms with Gasteiger partial charge >= 0.3 is 0 Å². The maximum absolute atomic E-state index is 12.4. The number of rotatable bonds is 5. The number of nitrogens with zero attached hydrogens (tertiary/aromatic N) is 2. The van der Waals surface area contributed by atoms with Gasteiger partial charge in [-0.1, -0.05) is 6.07 Å². The summed E-state index contributed by atoms with van der Waals surface area (Å²) in [5.74, 6) is 2.56. The fraction of sp³-hybridized carbons (Fsp3) is 0.294. The number of benzene rings is 1. The highest BCUT2D eigenvalue weighted by Crippen LogP contribution is 2.17. The van der Waals surface area contributed by atoms with Gasteiger partial charge in [-0.2, -0.15) is 11.8 Å². The number of thioether (sulfide) groups is 1. The van der Waals surface area contributed by atoms with E-state index in [4.69, 9.17) is 4.42 Å². The molecular weight excluding hydrogens is 310 g/mol. The lowest BCUT2D eigenvalue weighted by Gasteiger charge is -2.13. The lowest BCUT2D eigenvalue weighted by Crippen LogP contribution is -2.26. The number of aromatic amines is 1. The molecule has 0 aliphatic carbocycles. The first-order chi connectivity index (χ1) is 11.1. The molecule has 0 aliphatic heterocycles. The Labute approximate surface area is 139 Å². The van der Waals surface area contributed by atoms with Gasteiger partial charge in [-0.15, -0.1) is 0 Å². The Morgan fingerprint density at radius 3 is 2.96 bits per heavy atom. The SMILES string of the molecule is CSCc1ccc(C(=O)N(C)Cc2nc3ccc(C)cc3[nH]2)o1. The molecule has 0 aliphatic rings. The summed E-state index contributed by atoms with van der Waals surface area (Å²) >= 11 is 1.66. The molecular formula is C17H19N3O2S. The molecule has 0 radical (unpaired) electrons. The van der Waals surface area contributed by atoms with Crippen LogP contribution in [-0.2, 0) is 12.3 Å². The highest BCUT2D eigenvalue weighted by atomic mass is 32.2. The molecule has 0 saturated carbocycles. The third-order valence-corrected chi connectivity index (χ3v) is 4.15. The van der Waals surface area contributed by atoms with Crippen molar-refractivity contribution in [3.8, 4) is 0 Å². The predicted octanol–water partition coefficient (Wildman–Crippen LogP) is 3.60. The number of amides is 1.